The van der Waals surface area contributed by atoms with Gasteiger partial charge in [-0.05, 0) is 30.0 Å². The maximum absolute atomic E-state index is 12.9. The van der Waals surface area contributed by atoms with E-state index < -0.39 is 5.97 Å². The van der Waals surface area contributed by atoms with Crippen molar-refractivity contribution in [2.24, 2.45) is 0 Å². The van der Waals surface area contributed by atoms with Gasteiger partial charge in [0.1, 0.15) is 6.54 Å². The number of amides is 1. The van der Waals surface area contributed by atoms with Crippen LogP contribution in [0.2, 0.25) is 0 Å². The minimum absolute atomic E-state index is 0.139. The lowest BCUT2D eigenvalue weighted by Crippen LogP contribution is -2.44. The van der Waals surface area contributed by atoms with Crippen molar-refractivity contribution in [1.82, 2.24) is 19.6 Å². The Balaban J connectivity index is 1.38. The van der Waals surface area contributed by atoms with E-state index in [1.54, 1.807) is 6.20 Å². The van der Waals surface area contributed by atoms with Crippen LogP contribution in [0.25, 0.3) is 0 Å². The summed E-state index contributed by atoms with van der Waals surface area (Å²) >= 11 is 0. The molecule has 2 aromatic rings. The molecule has 1 atom stereocenters. The Morgan fingerprint density at radius 3 is 2.56 bits per heavy atom. The lowest BCUT2D eigenvalue weighted by atomic mass is 9.94. The molecular weight excluding hydrogens is 344 g/mol. The molecule has 142 valence electrons. The molecule has 0 spiro atoms. The molecule has 1 N–H and O–H groups in total. The SMILES string of the molecule is O=C(O)Cn1nccc1[C@@H]1CCCN(C(=O)CN2Cc3ccccc3C2)C1. The molecule has 1 aromatic heterocycles. The second kappa shape index (κ2) is 7.52. The van der Waals surface area contributed by atoms with Crippen LogP contribution in [0, 0.1) is 0 Å². The van der Waals surface area contributed by atoms with Crippen molar-refractivity contribution in [2.45, 2.75) is 38.4 Å². The first-order chi connectivity index (χ1) is 13.1. The first kappa shape index (κ1) is 17.7. The molecule has 7 heteroatoms. The van der Waals surface area contributed by atoms with Crippen molar-refractivity contribution in [1.29, 1.82) is 0 Å². The fraction of sp³-hybridized carbons (Fsp3) is 0.450. The number of fused-ring (bicyclic) bond motifs is 1. The van der Waals surface area contributed by atoms with Crippen LogP contribution in [0.15, 0.2) is 36.5 Å². The van der Waals surface area contributed by atoms with Crippen molar-refractivity contribution in [2.75, 3.05) is 19.6 Å². The molecule has 1 aromatic carbocycles. The molecule has 0 bridgehead atoms. The number of hydrogen-bond acceptors (Lipinski definition) is 4. The second-order valence-corrected chi connectivity index (χ2v) is 7.40. The number of aliphatic carboxylic acids is 1. The molecule has 27 heavy (non-hydrogen) atoms. The summed E-state index contributed by atoms with van der Waals surface area (Å²) < 4.78 is 1.54. The number of aromatic nitrogens is 2. The number of carboxylic acids is 1. The van der Waals surface area contributed by atoms with E-state index in [4.69, 9.17) is 5.11 Å². The number of benzene rings is 1. The number of rotatable bonds is 5. The van der Waals surface area contributed by atoms with Gasteiger partial charge in [-0.2, -0.15) is 5.10 Å². The van der Waals surface area contributed by atoms with Crippen LogP contribution in [-0.4, -0.2) is 56.2 Å². The molecule has 0 aliphatic carbocycles. The minimum Gasteiger partial charge on any atom is -0.480 e. The summed E-state index contributed by atoms with van der Waals surface area (Å²) in [6.45, 7) is 3.33. The van der Waals surface area contributed by atoms with Crippen molar-refractivity contribution in [3.05, 3.63) is 53.3 Å². The fourth-order valence-corrected chi connectivity index (χ4v) is 4.20. The van der Waals surface area contributed by atoms with Gasteiger partial charge in [0.15, 0.2) is 0 Å². The van der Waals surface area contributed by atoms with E-state index in [9.17, 15) is 9.59 Å². The number of carbonyl (C=O) groups is 2. The topological polar surface area (TPSA) is 78.7 Å². The average molecular weight is 368 g/mol. The highest BCUT2D eigenvalue weighted by atomic mass is 16.4. The Bertz CT molecular complexity index is 822. The molecule has 4 rings (SSSR count). The average Bonchev–Trinajstić information content (AvgIpc) is 3.27. The van der Waals surface area contributed by atoms with Crippen molar-refractivity contribution in [3.63, 3.8) is 0 Å². The van der Waals surface area contributed by atoms with E-state index in [1.807, 2.05) is 23.1 Å². The number of hydrogen-bond donors (Lipinski definition) is 1. The quantitative estimate of drug-likeness (QED) is 0.869. The predicted octanol–water partition coefficient (Wildman–Crippen LogP) is 1.69. The van der Waals surface area contributed by atoms with Crippen LogP contribution in [0.3, 0.4) is 0 Å². The maximum atomic E-state index is 12.9. The van der Waals surface area contributed by atoms with Gasteiger partial charge in [0.05, 0.1) is 6.54 Å². The molecule has 3 heterocycles. The largest absolute Gasteiger partial charge is 0.480 e. The van der Waals surface area contributed by atoms with E-state index in [1.165, 1.54) is 15.8 Å². The van der Waals surface area contributed by atoms with Gasteiger partial charge in [-0.15, -0.1) is 0 Å². The molecule has 2 aliphatic rings. The second-order valence-electron chi connectivity index (χ2n) is 7.40. The van der Waals surface area contributed by atoms with Crippen LogP contribution in [-0.2, 0) is 29.2 Å². The molecule has 1 fully saturated rings. The summed E-state index contributed by atoms with van der Waals surface area (Å²) in [7, 11) is 0. The third-order valence-corrected chi connectivity index (χ3v) is 5.49. The van der Waals surface area contributed by atoms with Gasteiger partial charge in [-0.25, -0.2) is 0 Å². The number of carbonyl (C=O) groups excluding carboxylic acids is 1. The molecule has 0 radical (unpaired) electrons. The zero-order valence-corrected chi connectivity index (χ0v) is 15.3. The summed E-state index contributed by atoms with van der Waals surface area (Å²) in [6, 6.07) is 10.2. The zero-order valence-electron chi connectivity index (χ0n) is 15.3. The Morgan fingerprint density at radius 1 is 1.11 bits per heavy atom. The minimum atomic E-state index is -0.905. The first-order valence-corrected chi connectivity index (χ1v) is 9.40. The lowest BCUT2D eigenvalue weighted by molar-refractivity contribution is -0.138. The van der Waals surface area contributed by atoms with Gasteiger partial charge in [0.25, 0.3) is 0 Å². The van der Waals surface area contributed by atoms with E-state index in [0.29, 0.717) is 13.1 Å². The van der Waals surface area contributed by atoms with Crippen LogP contribution >= 0.6 is 0 Å². The van der Waals surface area contributed by atoms with E-state index in [-0.39, 0.29) is 18.4 Å². The van der Waals surface area contributed by atoms with Crippen LogP contribution in [0.5, 0.6) is 0 Å². The summed E-state index contributed by atoms with van der Waals surface area (Å²) in [5, 5.41) is 13.2. The monoisotopic (exact) mass is 368 g/mol. The van der Waals surface area contributed by atoms with Gasteiger partial charge in [0, 0.05) is 44.0 Å². The molecule has 0 unspecified atom stereocenters. The smallest absolute Gasteiger partial charge is 0.325 e. The van der Waals surface area contributed by atoms with Crippen LogP contribution < -0.4 is 0 Å². The molecular formula is C20H24N4O3. The Morgan fingerprint density at radius 2 is 1.85 bits per heavy atom. The third-order valence-electron chi connectivity index (χ3n) is 5.49. The number of nitrogens with zero attached hydrogens (tertiary/aromatic N) is 4. The Kier molecular flexibility index (Phi) is 4.94. The van der Waals surface area contributed by atoms with Gasteiger partial charge in [0.2, 0.25) is 5.91 Å². The van der Waals surface area contributed by atoms with Crippen molar-refractivity contribution >= 4 is 11.9 Å². The predicted molar refractivity (Wildman–Crippen MR) is 99.0 cm³/mol. The molecule has 1 amide bonds. The Labute approximate surface area is 158 Å². The Hall–Kier alpha value is -2.67. The zero-order chi connectivity index (χ0) is 18.8. The normalized spacial score (nSPS) is 19.9. The van der Waals surface area contributed by atoms with Gasteiger partial charge in [-0.3, -0.25) is 19.2 Å². The molecule has 2 aliphatic heterocycles. The molecule has 1 saturated heterocycles. The van der Waals surface area contributed by atoms with E-state index >= 15 is 0 Å². The summed E-state index contributed by atoms with van der Waals surface area (Å²) in [5.74, 6) is -0.616. The lowest BCUT2D eigenvalue weighted by Gasteiger charge is -2.34. The highest BCUT2D eigenvalue weighted by Gasteiger charge is 2.29. The van der Waals surface area contributed by atoms with Crippen LogP contribution in [0.4, 0.5) is 0 Å². The first-order valence-electron chi connectivity index (χ1n) is 9.40. The fourth-order valence-electron chi connectivity index (χ4n) is 4.20. The molecule has 7 nitrogen and oxygen atoms in total. The highest BCUT2D eigenvalue weighted by Crippen LogP contribution is 2.28. The third kappa shape index (κ3) is 3.88. The van der Waals surface area contributed by atoms with Gasteiger partial charge in [-0.1, -0.05) is 24.3 Å². The van der Waals surface area contributed by atoms with Gasteiger partial charge >= 0.3 is 5.97 Å². The number of likely N-dealkylation sites (tertiary alicyclic amines) is 1. The number of piperidine rings is 1. The van der Waals surface area contributed by atoms with Crippen LogP contribution in [0.1, 0.15) is 35.6 Å². The van der Waals surface area contributed by atoms with Crippen molar-refractivity contribution in [3.8, 4) is 0 Å². The summed E-state index contributed by atoms with van der Waals surface area (Å²) in [5.41, 5.74) is 3.52. The standard InChI is InChI=1S/C20H24N4O3/c25-19(13-22-10-15-4-1-2-5-16(15)11-22)23-9-3-6-17(12-23)18-7-8-21-24(18)14-20(26)27/h1-2,4-5,7-8,17H,3,6,9-14H2,(H,26,27)/t17-/m1/s1. The number of carboxylic acid groups (broad SMARTS) is 1. The van der Waals surface area contributed by atoms with Gasteiger partial charge < -0.3 is 10.0 Å². The van der Waals surface area contributed by atoms with E-state index in [0.717, 1.165) is 38.2 Å². The molecule has 0 saturated carbocycles. The van der Waals surface area contributed by atoms with E-state index in [2.05, 4.69) is 22.1 Å². The highest BCUT2D eigenvalue weighted by molar-refractivity contribution is 5.78. The van der Waals surface area contributed by atoms with Crippen molar-refractivity contribution < 1.29 is 14.7 Å². The summed E-state index contributed by atoms with van der Waals surface area (Å²) in [6.07, 6.45) is 3.51. The maximum Gasteiger partial charge on any atom is 0.325 e. The summed E-state index contributed by atoms with van der Waals surface area (Å²) in [4.78, 5) is 28.0.